The van der Waals surface area contributed by atoms with Gasteiger partial charge in [0.2, 0.25) is 5.91 Å². The fourth-order valence-electron chi connectivity index (χ4n) is 4.41. The number of piperazine rings is 1. The van der Waals surface area contributed by atoms with Gasteiger partial charge in [0.05, 0.1) is 23.1 Å². The minimum absolute atomic E-state index is 0.0184. The number of alkyl halides is 3. The zero-order valence-electron chi connectivity index (χ0n) is 17.9. The van der Waals surface area contributed by atoms with Gasteiger partial charge >= 0.3 is 6.18 Å². The highest BCUT2D eigenvalue weighted by atomic mass is 32.2. The maximum absolute atomic E-state index is 14.7. The summed E-state index contributed by atoms with van der Waals surface area (Å²) in [6, 6.07) is 4.79. The van der Waals surface area contributed by atoms with Gasteiger partial charge in [-0.05, 0) is 31.0 Å². The molecule has 1 aromatic carbocycles. The molecular weight excluding hydrogens is 481 g/mol. The molecule has 34 heavy (non-hydrogen) atoms. The number of benzene rings is 1. The van der Waals surface area contributed by atoms with Crippen LogP contribution in [0.1, 0.15) is 30.0 Å². The first-order valence-electron chi connectivity index (χ1n) is 10.7. The standard InChI is InChI=1S/C22H22F5N3O3S/c23-17-3-1-2-16(20(17)24)18-13-29(19-5-4-15(12-28-19)22(25,26)27)8-9-30(18)21(31)14-6-10-34(32,33)11-7-14/h1-5,12,14,18H,6-11,13H2. The van der Waals surface area contributed by atoms with Gasteiger partial charge in [0, 0.05) is 37.3 Å². The second-order valence-corrected chi connectivity index (χ2v) is 10.8. The predicted octanol–water partition coefficient (Wildman–Crippen LogP) is 3.59. The normalized spacial score (nSPS) is 21.5. The second kappa shape index (κ2) is 9.12. The van der Waals surface area contributed by atoms with E-state index in [9.17, 15) is 35.2 Å². The van der Waals surface area contributed by atoms with Crippen molar-refractivity contribution in [1.82, 2.24) is 9.88 Å². The first-order chi connectivity index (χ1) is 16.0. The summed E-state index contributed by atoms with van der Waals surface area (Å²) >= 11 is 0. The van der Waals surface area contributed by atoms with Gasteiger partial charge < -0.3 is 9.80 Å². The van der Waals surface area contributed by atoms with Crippen molar-refractivity contribution in [2.75, 3.05) is 36.0 Å². The molecule has 2 fully saturated rings. The van der Waals surface area contributed by atoms with E-state index in [1.807, 2.05) is 0 Å². The summed E-state index contributed by atoms with van der Waals surface area (Å²) in [5.74, 6) is -3.11. The molecule has 12 heteroatoms. The Balaban J connectivity index is 1.62. The SMILES string of the molecule is O=C(C1CCS(=O)(=O)CC1)N1CCN(c2ccc(C(F)(F)F)cn2)CC1c1cccc(F)c1F. The van der Waals surface area contributed by atoms with Crippen LogP contribution in [0, 0.1) is 17.6 Å². The molecule has 1 unspecified atom stereocenters. The van der Waals surface area contributed by atoms with E-state index >= 15 is 0 Å². The number of hydrogen-bond acceptors (Lipinski definition) is 5. The Morgan fingerprint density at radius 2 is 1.74 bits per heavy atom. The van der Waals surface area contributed by atoms with Crippen molar-refractivity contribution in [3.05, 3.63) is 59.3 Å². The van der Waals surface area contributed by atoms with E-state index in [2.05, 4.69) is 4.98 Å². The van der Waals surface area contributed by atoms with E-state index in [0.29, 0.717) is 6.20 Å². The molecule has 4 rings (SSSR count). The van der Waals surface area contributed by atoms with Crippen LogP contribution in [0.4, 0.5) is 27.8 Å². The highest BCUT2D eigenvalue weighted by molar-refractivity contribution is 7.91. The molecule has 1 amide bonds. The average Bonchev–Trinajstić information content (AvgIpc) is 2.79. The molecule has 2 aliphatic rings. The quantitative estimate of drug-likeness (QED) is 0.599. The van der Waals surface area contributed by atoms with Crippen LogP contribution in [-0.4, -0.2) is 55.3 Å². The summed E-state index contributed by atoms with van der Waals surface area (Å²) in [7, 11) is -3.19. The number of carbonyl (C=O) groups excluding carboxylic acids is 1. The Morgan fingerprint density at radius 3 is 2.35 bits per heavy atom. The fourth-order valence-corrected chi connectivity index (χ4v) is 5.90. The topological polar surface area (TPSA) is 70.6 Å². The fraction of sp³-hybridized carbons (Fsp3) is 0.455. The number of nitrogens with zero attached hydrogens (tertiary/aromatic N) is 3. The zero-order chi connectivity index (χ0) is 24.7. The molecule has 184 valence electrons. The van der Waals surface area contributed by atoms with Crippen molar-refractivity contribution >= 4 is 21.6 Å². The summed E-state index contributed by atoms with van der Waals surface area (Å²) in [5.41, 5.74) is -0.974. The Hall–Kier alpha value is -2.76. The highest BCUT2D eigenvalue weighted by Gasteiger charge is 2.39. The number of amides is 1. The largest absolute Gasteiger partial charge is 0.417 e. The van der Waals surface area contributed by atoms with Crippen LogP contribution in [0.25, 0.3) is 0 Å². The molecule has 6 nitrogen and oxygen atoms in total. The number of aromatic nitrogens is 1. The number of pyridine rings is 1. The minimum atomic E-state index is -4.54. The van der Waals surface area contributed by atoms with Gasteiger partial charge in [-0.25, -0.2) is 22.2 Å². The summed E-state index contributed by atoms with van der Waals surface area (Å²) in [6.07, 6.45) is -3.54. The van der Waals surface area contributed by atoms with Crippen molar-refractivity contribution in [2.24, 2.45) is 5.92 Å². The third-order valence-electron chi connectivity index (χ3n) is 6.31. The van der Waals surface area contributed by atoms with Gasteiger partial charge in [0.1, 0.15) is 15.7 Å². The molecule has 0 bridgehead atoms. The molecule has 0 saturated carbocycles. The van der Waals surface area contributed by atoms with Crippen molar-refractivity contribution in [3.63, 3.8) is 0 Å². The van der Waals surface area contributed by atoms with Crippen LogP contribution in [0.3, 0.4) is 0 Å². The minimum Gasteiger partial charge on any atom is -0.352 e. The summed E-state index contributed by atoms with van der Waals surface area (Å²) in [5, 5.41) is 0. The van der Waals surface area contributed by atoms with Gasteiger partial charge in [0.15, 0.2) is 11.6 Å². The first kappa shape index (κ1) is 24.4. The van der Waals surface area contributed by atoms with Gasteiger partial charge in [-0.3, -0.25) is 4.79 Å². The summed E-state index contributed by atoms with van der Waals surface area (Å²) < 4.78 is 90.9. The Bertz CT molecular complexity index is 1160. The zero-order valence-corrected chi connectivity index (χ0v) is 18.7. The monoisotopic (exact) mass is 503 g/mol. The number of sulfone groups is 1. The summed E-state index contributed by atoms with van der Waals surface area (Å²) in [6.45, 7) is 0.281. The van der Waals surface area contributed by atoms with E-state index in [1.165, 1.54) is 23.1 Å². The van der Waals surface area contributed by atoms with Crippen molar-refractivity contribution < 1.29 is 35.2 Å². The number of carbonyl (C=O) groups is 1. The van der Waals surface area contributed by atoms with E-state index in [4.69, 9.17) is 0 Å². The number of rotatable bonds is 3. The van der Waals surface area contributed by atoms with E-state index in [-0.39, 0.29) is 61.3 Å². The van der Waals surface area contributed by atoms with Crippen LogP contribution < -0.4 is 4.90 Å². The molecule has 0 aliphatic carbocycles. The Morgan fingerprint density at radius 1 is 1.03 bits per heavy atom. The van der Waals surface area contributed by atoms with Gasteiger partial charge in [-0.15, -0.1) is 0 Å². The lowest BCUT2D eigenvalue weighted by atomic mass is 9.96. The van der Waals surface area contributed by atoms with E-state index in [0.717, 1.165) is 12.1 Å². The lowest BCUT2D eigenvalue weighted by Crippen LogP contribution is -2.53. The number of anilines is 1. The molecule has 1 atom stereocenters. The molecular formula is C22H22F5N3O3S. The van der Waals surface area contributed by atoms with Gasteiger partial charge in [-0.2, -0.15) is 13.2 Å². The van der Waals surface area contributed by atoms with Crippen molar-refractivity contribution in [1.29, 1.82) is 0 Å². The Kier molecular flexibility index (Phi) is 6.54. The number of hydrogen-bond donors (Lipinski definition) is 0. The second-order valence-electron chi connectivity index (χ2n) is 8.47. The van der Waals surface area contributed by atoms with Crippen molar-refractivity contribution in [3.8, 4) is 0 Å². The average molecular weight is 503 g/mol. The Labute approximate surface area is 193 Å². The molecule has 0 radical (unpaired) electrons. The first-order valence-corrected chi connectivity index (χ1v) is 12.5. The van der Waals surface area contributed by atoms with Crippen LogP contribution in [0.2, 0.25) is 0 Å². The van der Waals surface area contributed by atoms with Crippen LogP contribution in [-0.2, 0) is 20.8 Å². The molecule has 3 heterocycles. The lowest BCUT2D eigenvalue weighted by Gasteiger charge is -2.43. The maximum atomic E-state index is 14.7. The highest BCUT2D eigenvalue weighted by Crippen LogP contribution is 2.34. The van der Waals surface area contributed by atoms with Crippen molar-refractivity contribution in [2.45, 2.75) is 25.1 Å². The predicted molar refractivity (Wildman–Crippen MR) is 114 cm³/mol. The van der Waals surface area contributed by atoms with Crippen LogP contribution in [0.5, 0.6) is 0 Å². The smallest absolute Gasteiger partial charge is 0.352 e. The molecule has 2 aromatic rings. The van der Waals surface area contributed by atoms with E-state index in [1.54, 1.807) is 4.90 Å². The molecule has 0 spiro atoms. The molecule has 2 saturated heterocycles. The molecule has 0 N–H and O–H groups in total. The van der Waals surface area contributed by atoms with Crippen LogP contribution >= 0.6 is 0 Å². The maximum Gasteiger partial charge on any atom is 0.417 e. The van der Waals surface area contributed by atoms with Crippen LogP contribution in [0.15, 0.2) is 36.5 Å². The molecule has 1 aromatic heterocycles. The molecule has 2 aliphatic heterocycles. The van der Waals surface area contributed by atoms with Gasteiger partial charge in [0.25, 0.3) is 0 Å². The number of halogens is 5. The summed E-state index contributed by atoms with van der Waals surface area (Å²) in [4.78, 5) is 20.2. The third-order valence-corrected chi connectivity index (χ3v) is 8.02. The van der Waals surface area contributed by atoms with Gasteiger partial charge in [-0.1, -0.05) is 12.1 Å². The third kappa shape index (κ3) is 5.01. The lowest BCUT2D eigenvalue weighted by molar-refractivity contribution is -0.139. The van der Waals surface area contributed by atoms with E-state index < -0.39 is 45.2 Å².